The van der Waals surface area contributed by atoms with Gasteiger partial charge in [-0.2, -0.15) is 0 Å². The molecule has 1 heterocycles. The van der Waals surface area contributed by atoms with E-state index in [1.165, 1.54) is 6.08 Å². The van der Waals surface area contributed by atoms with Crippen LogP contribution in [0.1, 0.15) is 26.3 Å². The maximum atomic E-state index is 11.6. The fourth-order valence-corrected chi connectivity index (χ4v) is 1.89. The summed E-state index contributed by atoms with van der Waals surface area (Å²) in [6.45, 7) is 3.74. The average Bonchev–Trinajstić information content (AvgIpc) is 2.66. The first-order chi connectivity index (χ1) is 8.63. The Balaban J connectivity index is 2.15. The van der Waals surface area contributed by atoms with E-state index in [1.54, 1.807) is 18.2 Å². The third kappa shape index (κ3) is 2.15. The van der Waals surface area contributed by atoms with Gasteiger partial charge in [0.15, 0.2) is 0 Å². The van der Waals surface area contributed by atoms with E-state index in [0.717, 1.165) is 5.56 Å². The predicted octanol–water partition coefficient (Wildman–Crippen LogP) is 0.415. The monoisotopic (exact) mass is 244 g/mol. The van der Waals surface area contributed by atoms with Crippen LogP contribution in [-0.2, 0) is 11.2 Å². The van der Waals surface area contributed by atoms with Gasteiger partial charge in [-0.1, -0.05) is 18.7 Å². The number of hydrogen-bond donors (Lipinski definition) is 2. The molecule has 0 bridgehead atoms. The summed E-state index contributed by atoms with van der Waals surface area (Å²) in [6, 6.07) is 5.11. The predicted molar refractivity (Wildman–Crippen MR) is 65.1 cm³/mol. The lowest BCUT2D eigenvalue weighted by Crippen LogP contribution is -2.24. The van der Waals surface area contributed by atoms with Crippen LogP contribution >= 0.6 is 0 Å². The summed E-state index contributed by atoms with van der Waals surface area (Å²) >= 11 is 0. The van der Waals surface area contributed by atoms with Gasteiger partial charge in [-0.25, -0.2) is 0 Å². The van der Waals surface area contributed by atoms with Gasteiger partial charge in [-0.3, -0.25) is 19.7 Å². The third-order valence-corrected chi connectivity index (χ3v) is 2.73. The van der Waals surface area contributed by atoms with Crippen LogP contribution in [0.2, 0.25) is 0 Å². The van der Waals surface area contributed by atoms with Crippen molar-refractivity contribution in [3.8, 4) is 0 Å². The highest BCUT2D eigenvalue weighted by molar-refractivity contribution is 6.22. The summed E-state index contributed by atoms with van der Waals surface area (Å²) in [5.74, 6) is -1.00. The normalized spacial score (nSPS) is 12.9. The number of carbonyl (C=O) groups excluding carboxylic acids is 3. The third-order valence-electron chi connectivity index (χ3n) is 2.73. The number of fused-ring (bicyclic) bond motifs is 1. The maximum Gasteiger partial charge on any atom is 0.259 e. The fraction of sp³-hybridized carbons (Fsp3) is 0.154. The van der Waals surface area contributed by atoms with Gasteiger partial charge in [-0.05, 0) is 24.1 Å². The molecule has 0 fully saturated rings. The lowest BCUT2D eigenvalue weighted by Gasteiger charge is -2.06. The van der Waals surface area contributed by atoms with Crippen LogP contribution in [0.15, 0.2) is 30.9 Å². The summed E-state index contributed by atoms with van der Waals surface area (Å²) in [6.07, 6.45) is 1.68. The van der Waals surface area contributed by atoms with E-state index in [2.05, 4.69) is 17.2 Å². The molecule has 0 unspecified atom stereocenters. The van der Waals surface area contributed by atoms with Gasteiger partial charge in [0.2, 0.25) is 5.91 Å². The van der Waals surface area contributed by atoms with E-state index in [9.17, 15) is 14.4 Å². The first kappa shape index (κ1) is 12.0. The minimum atomic E-state index is -0.374. The minimum Gasteiger partial charge on any atom is -0.352 e. The molecule has 0 aliphatic carbocycles. The van der Waals surface area contributed by atoms with Crippen molar-refractivity contribution >= 4 is 17.7 Å². The molecule has 2 N–H and O–H groups in total. The van der Waals surface area contributed by atoms with Crippen molar-refractivity contribution in [3.05, 3.63) is 47.5 Å². The van der Waals surface area contributed by atoms with Crippen molar-refractivity contribution in [2.75, 3.05) is 6.54 Å². The molecule has 3 amide bonds. The van der Waals surface area contributed by atoms with Gasteiger partial charge >= 0.3 is 0 Å². The van der Waals surface area contributed by atoms with Crippen molar-refractivity contribution in [2.24, 2.45) is 0 Å². The zero-order chi connectivity index (χ0) is 13.1. The van der Waals surface area contributed by atoms with Crippen LogP contribution < -0.4 is 10.6 Å². The van der Waals surface area contributed by atoms with E-state index in [0.29, 0.717) is 24.1 Å². The van der Waals surface area contributed by atoms with Crippen LogP contribution in [-0.4, -0.2) is 24.3 Å². The van der Waals surface area contributed by atoms with Crippen LogP contribution in [0, 0.1) is 0 Å². The lowest BCUT2D eigenvalue weighted by atomic mass is 10.0. The Hall–Kier alpha value is -2.43. The topological polar surface area (TPSA) is 75.3 Å². The number of amides is 3. The van der Waals surface area contributed by atoms with E-state index in [4.69, 9.17) is 0 Å². The van der Waals surface area contributed by atoms with Gasteiger partial charge in [0.1, 0.15) is 0 Å². The van der Waals surface area contributed by atoms with Crippen LogP contribution in [0.5, 0.6) is 0 Å². The summed E-state index contributed by atoms with van der Waals surface area (Å²) in [7, 11) is 0. The Morgan fingerprint density at radius 3 is 2.83 bits per heavy atom. The molecule has 5 heteroatoms. The van der Waals surface area contributed by atoms with Crippen molar-refractivity contribution < 1.29 is 14.4 Å². The second-order valence-electron chi connectivity index (χ2n) is 3.87. The maximum absolute atomic E-state index is 11.6. The summed E-state index contributed by atoms with van der Waals surface area (Å²) in [5.41, 5.74) is 1.56. The molecule has 0 saturated carbocycles. The molecule has 0 aromatic heterocycles. The largest absolute Gasteiger partial charge is 0.352 e. The Morgan fingerprint density at radius 2 is 2.11 bits per heavy atom. The van der Waals surface area contributed by atoms with Crippen LogP contribution in [0.25, 0.3) is 0 Å². The second kappa shape index (κ2) is 4.83. The number of carbonyl (C=O) groups is 3. The molecule has 0 saturated heterocycles. The molecule has 92 valence electrons. The first-order valence-electron chi connectivity index (χ1n) is 5.51. The van der Waals surface area contributed by atoms with Gasteiger partial charge in [0, 0.05) is 6.54 Å². The molecule has 5 nitrogen and oxygen atoms in total. The van der Waals surface area contributed by atoms with Crippen LogP contribution in [0.4, 0.5) is 0 Å². The zero-order valence-electron chi connectivity index (χ0n) is 9.66. The minimum absolute atomic E-state index is 0.261. The fourth-order valence-electron chi connectivity index (χ4n) is 1.89. The standard InChI is InChI=1S/C13H12N2O3/c1-2-10(16)14-7-6-8-4-3-5-9-11(8)13(18)15-12(9)17/h2-5H,1,6-7H2,(H,14,16)(H,15,17,18). The Kier molecular flexibility index (Phi) is 3.23. The molecular formula is C13H12N2O3. The number of imide groups is 1. The van der Waals surface area contributed by atoms with E-state index in [-0.39, 0.29) is 17.7 Å². The summed E-state index contributed by atoms with van der Waals surface area (Å²) in [5, 5.41) is 4.88. The molecule has 2 rings (SSSR count). The zero-order valence-corrected chi connectivity index (χ0v) is 9.66. The molecule has 1 aromatic carbocycles. The molecule has 18 heavy (non-hydrogen) atoms. The van der Waals surface area contributed by atoms with E-state index >= 15 is 0 Å². The Bertz CT molecular complexity index is 549. The van der Waals surface area contributed by atoms with Crippen molar-refractivity contribution in [1.82, 2.24) is 10.6 Å². The molecule has 1 aliphatic rings. The second-order valence-corrected chi connectivity index (χ2v) is 3.87. The quantitative estimate of drug-likeness (QED) is 0.595. The van der Waals surface area contributed by atoms with Gasteiger partial charge in [0.05, 0.1) is 11.1 Å². The highest BCUT2D eigenvalue weighted by atomic mass is 16.2. The van der Waals surface area contributed by atoms with Crippen molar-refractivity contribution in [1.29, 1.82) is 0 Å². The van der Waals surface area contributed by atoms with Gasteiger partial charge in [0.25, 0.3) is 11.8 Å². The van der Waals surface area contributed by atoms with Crippen molar-refractivity contribution in [3.63, 3.8) is 0 Å². The van der Waals surface area contributed by atoms with E-state index < -0.39 is 0 Å². The average molecular weight is 244 g/mol. The summed E-state index contributed by atoms with van der Waals surface area (Å²) < 4.78 is 0. The van der Waals surface area contributed by atoms with Crippen molar-refractivity contribution in [2.45, 2.75) is 6.42 Å². The lowest BCUT2D eigenvalue weighted by molar-refractivity contribution is -0.116. The highest BCUT2D eigenvalue weighted by Crippen LogP contribution is 2.20. The molecule has 1 aliphatic heterocycles. The van der Waals surface area contributed by atoms with Gasteiger partial charge in [-0.15, -0.1) is 0 Å². The highest BCUT2D eigenvalue weighted by Gasteiger charge is 2.28. The number of nitrogens with one attached hydrogen (secondary N) is 2. The molecule has 0 spiro atoms. The molecule has 0 atom stereocenters. The Labute approximate surface area is 104 Å². The summed E-state index contributed by atoms with van der Waals surface area (Å²) in [4.78, 5) is 34.0. The number of benzene rings is 1. The first-order valence-corrected chi connectivity index (χ1v) is 5.51. The number of hydrogen-bond acceptors (Lipinski definition) is 3. The van der Waals surface area contributed by atoms with Gasteiger partial charge < -0.3 is 5.32 Å². The van der Waals surface area contributed by atoms with E-state index in [1.807, 2.05) is 0 Å². The van der Waals surface area contributed by atoms with Crippen LogP contribution in [0.3, 0.4) is 0 Å². The number of rotatable bonds is 4. The molecular weight excluding hydrogens is 232 g/mol. The molecule has 1 aromatic rings. The molecule has 0 radical (unpaired) electrons. The Morgan fingerprint density at radius 1 is 1.33 bits per heavy atom. The SMILES string of the molecule is C=CC(=O)NCCc1cccc2c1C(=O)NC2=O. The smallest absolute Gasteiger partial charge is 0.259 e.